The van der Waals surface area contributed by atoms with E-state index in [-0.39, 0.29) is 0 Å². The van der Waals surface area contributed by atoms with Crippen LogP contribution in [0.3, 0.4) is 0 Å². The van der Waals surface area contributed by atoms with E-state index in [9.17, 15) is 0 Å². The third kappa shape index (κ3) is 10.2. The SMILES string of the molecule is CCCNCCCC(CCC)CC(C)C. The first kappa shape index (κ1) is 15.0. The molecular weight excluding hydrogens is 182 g/mol. The Hall–Kier alpha value is -0.0400. The van der Waals surface area contributed by atoms with Gasteiger partial charge in [0.1, 0.15) is 0 Å². The maximum absolute atomic E-state index is 3.49. The van der Waals surface area contributed by atoms with Gasteiger partial charge in [-0.05, 0) is 50.6 Å². The molecule has 0 heterocycles. The second-order valence-corrected chi connectivity index (χ2v) is 5.18. The molecule has 0 saturated heterocycles. The zero-order valence-electron chi connectivity index (χ0n) is 11.3. The van der Waals surface area contributed by atoms with Crippen LogP contribution in [0.4, 0.5) is 0 Å². The molecular formula is C14H31N. The van der Waals surface area contributed by atoms with Gasteiger partial charge in [-0.3, -0.25) is 0 Å². The van der Waals surface area contributed by atoms with Crippen LogP contribution in [0.1, 0.15) is 66.2 Å². The van der Waals surface area contributed by atoms with E-state index in [4.69, 9.17) is 0 Å². The number of hydrogen-bond acceptors (Lipinski definition) is 1. The average Bonchev–Trinajstić information content (AvgIpc) is 2.17. The summed E-state index contributed by atoms with van der Waals surface area (Å²) in [5, 5.41) is 3.49. The standard InChI is InChI=1S/C14H31N/c1-5-8-14(12-13(3)4)9-7-11-15-10-6-2/h13-15H,5-12H2,1-4H3. The van der Waals surface area contributed by atoms with Crippen molar-refractivity contribution >= 4 is 0 Å². The van der Waals surface area contributed by atoms with Crippen molar-refractivity contribution in [2.45, 2.75) is 66.2 Å². The first-order valence-electron chi connectivity index (χ1n) is 6.91. The summed E-state index contributed by atoms with van der Waals surface area (Å²) < 4.78 is 0. The highest BCUT2D eigenvalue weighted by molar-refractivity contribution is 4.62. The summed E-state index contributed by atoms with van der Waals surface area (Å²) in [6, 6.07) is 0. The van der Waals surface area contributed by atoms with Crippen LogP contribution in [-0.2, 0) is 0 Å². The summed E-state index contributed by atoms with van der Waals surface area (Å²) in [6.07, 6.45) is 8.22. The van der Waals surface area contributed by atoms with Gasteiger partial charge in [0.2, 0.25) is 0 Å². The van der Waals surface area contributed by atoms with Crippen molar-refractivity contribution in [2.75, 3.05) is 13.1 Å². The molecule has 92 valence electrons. The molecule has 0 aliphatic carbocycles. The molecule has 0 aliphatic heterocycles. The van der Waals surface area contributed by atoms with Crippen LogP contribution >= 0.6 is 0 Å². The van der Waals surface area contributed by atoms with Gasteiger partial charge in [-0.2, -0.15) is 0 Å². The minimum Gasteiger partial charge on any atom is -0.317 e. The maximum Gasteiger partial charge on any atom is -0.00488 e. The summed E-state index contributed by atoms with van der Waals surface area (Å²) in [5.41, 5.74) is 0. The molecule has 0 aliphatic rings. The molecule has 1 atom stereocenters. The zero-order chi connectivity index (χ0) is 11.5. The normalized spacial score (nSPS) is 13.4. The fourth-order valence-electron chi connectivity index (χ4n) is 2.27. The van der Waals surface area contributed by atoms with Crippen LogP contribution in [-0.4, -0.2) is 13.1 Å². The van der Waals surface area contributed by atoms with Crippen LogP contribution in [0.5, 0.6) is 0 Å². The van der Waals surface area contributed by atoms with E-state index >= 15 is 0 Å². The van der Waals surface area contributed by atoms with E-state index in [0.29, 0.717) is 0 Å². The lowest BCUT2D eigenvalue weighted by atomic mass is 9.89. The lowest BCUT2D eigenvalue weighted by molar-refractivity contribution is 0.351. The zero-order valence-corrected chi connectivity index (χ0v) is 11.3. The largest absolute Gasteiger partial charge is 0.317 e. The van der Waals surface area contributed by atoms with E-state index in [1.165, 1.54) is 51.6 Å². The first-order valence-corrected chi connectivity index (χ1v) is 6.91. The summed E-state index contributed by atoms with van der Waals surface area (Å²) in [6.45, 7) is 11.6. The van der Waals surface area contributed by atoms with Crippen molar-refractivity contribution in [1.29, 1.82) is 0 Å². The summed E-state index contributed by atoms with van der Waals surface area (Å²) in [4.78, 5) is 0. The highest BCUT2D eigenvalue weighted by atomic mass is 14.8. The Balaban J connectivity index is 3.47. The van der Waals surface area contributed by atoms with Crippen LogP contribution in [0, 0.1) is 11.8 Å². The molecule has 1 heteroatoms. The topological polar surface area (TPSA) is 12.0 Å². The predicted octanol–water partition coefficient (Wildman–Crippen LogP) is 4.23. The summed E-state index contributed by atoms with van der Waals surface area (Å²) >= 11 is 0. The van der Waals surface area contributed by atoms with Crippen molar-refractivity contribution in [3.8, 4) is 0 Å². The molecule has 0 radical (unpaired) electrons. The van der Waals surface area contributed by atoms with Crippen molar-refractivity contribution in [2.24, 2.45) is 11.8 Å². The minimum atomic E-state index is 0.866. The monoisotopic (exact) mass is 213 g/mol. The van der Waals surface area contributed by atoms with Crippen LogP contribution < -0.4 is 5.32 Å². The van der Waals surface area contributed by atoms with Gasteiger partial charge in [-0.25, -0.2) is 0 Å². The Labute approximate surface area is 97.0 Å². The Morgan fingerprint density at radius 1 is 0.933 bits per heavy atom. The Morgan fingerprint density at radius 2 is 1.67 bits per heavy atom. The quantitative estimate of drug-likeness (QED) is 0.536. The smallest absolute Gasteiger partial charge is 0.00488 e. The van der Waals surface area contributed by atoms with E-state index < -0.39 is 0 Å². The van der Waals surface area contributed by atoms with E-state index in [2.05, 4.69) is 33.0 Å². The van der Waals surface area contributed by atoms with Gasteiger partial charge in [-0.15, -0.1) is 0 Å². The number of hydrogen-bond donors (Lipinski definition) is 1. The summed E-state index contributed by atoms with van der Waals surface area (Å²) in [7, 11) is 0. The average molecular weight is 213 g/mol. The Kier molecular flexibility index (Phi) is 10.4. The third-order valence-electron chi connectivity index (χ3n) is 2.89. The number of nitrogens with one attached hydrogen (secondary N) is 1. The fourth-order valence-corrected chi connectivity index (χ4v) is 2.27. The van der Waals surface area contributed by atoms with Crippen molar-refractivity contribution < 1.29 is 0 Å². The molecule has 0 spiro atoms. The molecule has 0 fully saturated rings. The van der Waals surface area contributed by atoms with Crippen LogP contribution in [0.25, 0.3) is 0 Å². The molecule has 0 rings (SSSR count). The molecule has 1 nitrogen and oxygen atoms in total. The van der Waals surface area contributed by atoms with E-state index in [1.807, 2.05) is 0 Å². The molecule has 0 aromatic rings. The second kappa shape index (κ2) is 10.5. The van der Waals surface area contributed by atoms with Gasteiger partial charge in [0.05, 0.1) is 0 Å². The van der Waals surface area contributed by atoms with E-state index in [0.717, 1.165) is 11.8 Å². The van der Waals surface area contributed by atoms with Crippen molar-refractivity contribution in [3.05, 3.63) is 0 Å². The molecule has 1 N–H and O–H groups in total. The third-order valence-corrected chi connectivity index (χ3v) is 2.89. The van der Waals surface area contributed by atoms with Gasteiger partial charge < -0.3 is 5.32 Å². The van der Waals surface area contributed by atoms with Gasteiger partial charge in [0, 0.05) is 0 Å². The highest BCUT2D eigenvalue weighted by Gasteiger charge is 2.09. The van der Waals surface area contributed by atoms with Gasteiger partial charge in [0.15, 0.2) is 0 Å². The number of rotatable bonds is 10. The molecule has 0 amide bonds. The highest BCUT2D eigenvalue weighted by Crippen LogP contribution is 2.21. The molecule has 15 heavy (non-hydrogen) atoms. The minimum absolute atomic E-state index is 0.866. The van der Waals surface area contributed by atoms with Crippen molar-refractivity contribution in [1.82, 2.24) is 5.32 Å². The predicted molar refractivity (Wildman–Crippen MR) is 70.2 cm³/mol. The first-order chi connectivity index (χ1) is 7.20. The Bertz CT molecular complexity index is 121. The Morgan fingerprint density at radius 3 is 2.20 bits per heavy atom. The lowest BCUT2D eigenvalue weighted by Crippen LogP contribution is -2.17. The van der Waals surface area contributed by atoms with Crippen molar-refractivity contribution in [3.63, 3.8) is 0 Å². The van der Waals surface area contributed by atoms with Crippen LogP contribution in [0.15, 0.2) is 0 Å². The summed E-state index contributed by atoms with van der Waals surface area (Å²) in [5.74, 6) is 1.84. The van der Waals surface area contributed by atoms with Gasteiger partial charge >= 0.3 is 0 Å². The maximum atomic E-state index is 3.49. The molecule has 0 aromatic heterocycles. The van der Waals surface area contributed by atoms with Gasteiger partial charge in [0.25, 0.3) is 0 Å². The fraction of sp³-hybridized carbons (Fsp3) is 1.00. The molecule has 0 aromatic carbocycles. The van der Waals surface area contributed by atoms with Crippen LogP contribution in [0.2, 0.25) is 0 Å². The lowest BCUT2D eigenvalue weighted by Gasteiger charge is -2.18. The second-order valence-electron chi connectivity index (χ2n) is 5.18. The molecule has 0 saturated carbocycles. The van der Waals surface area contributed by atoms with Gasteiger partial charge in [-0.1, -0.05) is 40.5 Å². The molecule has 1 unspecified atom stereocenters. The van der Waals surface area contributed by atoms with E-state index in [1.54, 1.807) is 0 Å². The molecule has 0 bridgehead atoms.